The minimum absolute atomic E-state index is 0.163. The highest BCUT2D eigenvalue weighted by Gasteiger charge is 2.33. The van der Waals surface area contributed by atoms with Gasteiger partial charge in [-0.2, -0.15) is 4.31 Å². The van der Waals surface area contributed by atoms with Crippen molar-refractivity contribution in [3.05, 3.63) is 30.1 Å². The van der Waals surface area contributed by atoms with Gasteiger partial charge in [-0.25, -0.2) is 12.8 Å². The Labute approximate surface area is 88.6 Å². The van der Waals surface area contributed by atoms with Gasteiger partial charge in [0, 0.05) is 13.1 Å². The monoisotopic (exact) mass is 229 g/mol. The second-order valence-electron chi connectivity index (χ2n) is 3.88. The molecule has 82 valence electrons. The van der Waals surface area contributed by atoms with Crippen molar-refractivity contribution in [2.45, 2.75) is 11.8 Å². The summed E-state index contributed by atoms with van der Waals surface area (Å²) < 4.78 is 37.8. The molecular formula is C10H12FNO2S. The van der Waals surface area contributed by atoms with E-state index >= 15 is 0 Å². The van der Waals surface area contributed by atoms with Gasteiger partial charge < -0.3 is 0 Å². The lowest BCUT2D eigenvalue weighted by Gasteiger charge is -2.35. The van der Waals surface area contributed by atoms with E-state index in [1.807, 2.05) is 6.92 Å². The van der Waals surface area contributed by atoms with E-state index in [0.717, 1.165) is 12.1 Å². The zero-order valence-corrected chi connectivity index (χ0v) is 9.17. The van der Waals surface area contributed by atoms with Crippen molar-refractivity contribution in [3.63, 3.8) is 0 Å². The molecule has 0 aliphatic carbocycles. The molecule has 1 aromatic rings. The van der Waals surface area contributed by atoms with Crippen molar-refractivity contribution in [1.29, 1.82) is 0 Å². The van der Waals surface area contributed by atoms with Gasteiger partial charge in [-0.15, -0.1) is 0 Å². The van der Waals surface area contributed by atoms with Gasteiger partial charge in [0.1, 0.15) is 5.82 Å². The van der Waals surface area contributed by atoms with Gasteiger partial charge in [0.25, 0.3) is 0 Å². The predicted octanol–water partition coefficient (Wildman–Crippen LogP) is 1.47. The summed E-state index contributed by atoms with van der Waals surface area (Å²) in [5, 5.41) is 0. The molecule has 3 nitrogen and oxygen atoms in total. The van der Waals surface area contributed by atoms with Crippen molar-refractivity contribution in [1.82, 2.24) is 4.31 Å². The second-order valence-corrected chi connectivity index (χ2v) is 5.82. The Balaban J connectivity index is 2.26. The molecule has 0 amide bonds. The zero-order valence-electron chi connectivity index (χ0n) is 8.35. The molecule has 2 rings (SSSR count). The molecule has 1 heterocycles. The van der Waals surface area contributed by atoms with Crippen LogP contribution >= 0.6 is 0 Å². The van der Waals surface area contributed by atoms with Crippen LogP contribution in [0.1, 0.15) is 6.92 Å². The molecule has 1 aliphatic heterocycles. The maximum absolute atomic E-state index is 12.6. The van der Waals surface area contributed by atoms with Crippen LogP contribution < -0.4 is 0 Å². The normalized spacial score (nSPS) is 18.8. The molecule has 1 fully saturated rings. The Morgan fingerprint density at radius 1 is 1.27 bits per heavy atom. The average molecular weight is 229 g/mol. The van der Waals surface area contributed by atoms with Crippen LogP contribution in [0.3, 0.4) is 0 Å². The number of hydrogen-bond donors (Lipinski definition) is 0. The van der Waals surface area contributed by atoms with Gasteiger partial charge in [-0.05, 0) is 30.2 Å². The molecule has 0 saturated carbocycles. The van der Waals surface area contributed by atoms with Crippen LogP contribution in [-0.4, -0.2) is 25.8 Å². The molecule has 0 spiro atoms. The van der Waals surface area contributed by atoms with Crippen LogP contribution in [0.4, 0.5) is 4.39 Å². The Kier molecular flexibility index (Phi) is 2.52. The van der Waals surface area contributed by atoms with Crippen molar-refractivity contribution in [2.75, 3.05) is 13.1 Å². The molecule has 5 heteroatoms. The molecule has 0 bridgehead atoms. The molecule has 1 aromatic carbocycles. The minimum Gasteiger partial charge on any atom is -0.207 e. The van der Waals surface area contributed by atoms with E-state index in [-0.39, 0.29) is 4.90 Å². The van der Waals surface area contributed by atoms with Gasteiger partial charge >= 0.3 is 0 Å². The summed E-state index contributed by atoms with van der Waals surface area (Å²) in [5.74, 6) is -0.00819. The first-order valence-corrected chi connectivity index (χ1v) is 6.20. The van der Waals surface area contributed by atoms with Crippen molar-refractivity contribution in [2.24, 2.45) is 5.92 Å². The number of rotatable bonds is 2. The van der Waals surface area contributed by atoms with E-state index in [0.29, 0.717) is 19.0 Å². The fraction of sp³-hybridized carbons (Fsp3) is 0.400. The van der Waals surface area contributed by atoms with E-state index in [1.165, 1.54) is 16.4 Å². The largest absolute Gasteiger partial charge is 0.243 e. The number of benzene rings is 1. The van der Waals surface area contributed by atoms with Crippen LogP contribution in [0, 0.1) is 11.7 Å². The average Bonchev–Trinajstić information content (AvgIpc) is 2.13. The van der Waals surface area contributed by atoms with Crippen molar-refractivity contribution >= 4 is 10.0 Å². The molecule has 0 aromatic heterocycles. The SMILES string of the molecule is CC1CN(S(=O)(=O)c2ccc(F)cc2)C1. The van der Waals surface area contributed by atoms with E-state index in [1.54, 1.807) is 0 Å². The molecule has 0 atom stereocenters. The third-order valence-electron chi connectivity index (χ3n) is 2.48. The summed E-state index contributed by atoms with van der Waals surface area (Å²) in [6.45, 7) is 3.11. The number of hydrogen-bond acceptors (Lipinski definition) is 2. The van der Waals surface area contributed by atoms with Crippen LogP contribution in [0.15, 0.2) is 29.2 Å². The summed E-state index contributed by atoms with van der Waals surface area (Å²) in [6.07, 6.45) is 0. The minimum atomic E-state index is -3.39. The highest BCUT2D eigenvalue weighted by Crippen LogP contribution is 2.24. The van der Waals surface area contributed by atoms with Crippen molar-refractivity contribution in [3.8, 4) is 0 Å². The zero-order chi connectivity index (χ0) is 11.1. The molecule has 15 heavy (non-hydrogen) atoms. The summed E-state index contributed by atoms with van der Waals surface area (Å²) >= 11 is 0. The highest BCUT2D eigenvalue weighted by atomic mass is 32.2. The quantitative estimate of drug-likeness (QED) is 0.770. The summed E-state index contributed by atoms with van der Waals surface area (Å²) in [5.41, 5.74) is 0. The third kappa shape index (κ3) is 1.89. The molecule has 1 saturated heterocycles. The van der Waals surface area contributed by atoms with Crippen LogP contribution in [-0.2, 0) is 10.0 Å². The van der Waals surface area contributed by atoms with E-state index < -0.39 is 15.8 Å². The Bertz CT molecular complexity index is 449. The fourth-order valence-electron chi connectivity index (χ4n) is 1.59. The smallest absolute Gasteiger partial charge is 0.207 e. The molecule has 0 unspecified atom stereocenters. The lowest BCUT2D eigenvalue weighted by Crippen LogP contribution is -2.48. The number of sulfonamides is 1. The Morgan fingerprint density at radius 2 is 1.80 bits per heavy atom. The summed E-state index contributed by atoms with van der Waals surface area (Å²) in [6, 6.07) is 4.92. The maximum Gasteiger partial charge on any atom is 0.243 e. The fourth-order valence-corrected chi connectivity index (χ4v) is 3.27. The highest BCUT2D eigenvalue weighted by molar-refractivity contribution is 7.89. The number of nitrogens with zero attached hydrogens (tertiary/aromatic N) is 1. The Morgan fingerprint density at radius 3 is 2.27 bits per heavy atom. The molecule has 0 N–H and O–H groups in total. The molecule has 1 aliphatic rings. The van der Waals surface area contributed by atoms with Crippen LogP contribution in [0.2, 0.25) is 0 Å². The maximum atomic E-state index is 12.6. The van der Waals surface area contributed by atoms with Gasteiger partial charge in [0.05, 0.1) is 4.90 Å². The first kappa shape index (κ1) is 10.6. The standard InChI is InChI=1S/C10H12FNO2S/c1-8-6-12(7-8)15(13,14)10-4-2-9(11)3-5-10/h2-5,8H,6-7H2,1H3. The predicted molar refractivity (Wildman–Crippen MR) is 54.3 cm³/mol. The number of halogens is 1. The van der Waals surface area contributed by atoms with Gasteiger partial charge in [0.2, 0.25) is 10.0 Å². The molecular weight excluding hydrogens is 217 g/mol. The van der Waals surface area contributed by atoms with Gasteiger partial charge in [-0.1, -0.05) is 6.92 Å². The van der Waals surface area contributed by atoms with Gasteiger partial charge in [0.15, 0.2) is 0 Å². The van der Waals surface area contributed by atoms with Crippen LogP contribution in [0.25, 0.3) is 0 Å². The van der Waals surface area contributed by atoms with E-state index in [2.05, 4.69) is 0 Å². The van der Waals surface area contributed by atoms with Crippen molar-refractivity contribution < 1.29 is 12.8 Å². The topological polar surface area (TPSA) is 37.4 Å². The third-order valence-corrected chi connectivity index (χ3v) is 4.33. The lowest BCUT2D eigenvalue weighted by molar-refractivity contribution is 0.218. The van der Waals surface area contributed by atoms with Crippen LogP contribution in [0.5, 0.6) is 0 Å². The lowest BCUT2D eigenvalue weighted by atomic mass is 10.1. The molecule has 0 radical (unpaired) electrons. The second kappa shape index (κ2) is 3.57. The summed E-state index contributed by atoms with van der Waals surface area (Å²) in [4.78, 5) is 0.163. The Hall–Kier alpha value is -0.940. The van der Waals surface area contributed by atoms with E-state index in [9.17, 15) is 12.8 Å². The van der Waals surface area contributed by atoms with Gasteiger partial charge in [-0.3, -0.25) is 0 Å². The van der Waals surface area contributed by atoms with E-state index in [4.69, 9.17) is 0 Å². The summed E-state index contributed by atoms with van der Waals surface area (Å²) in [7, 11) is -3.39. The first-order chi connectivity index (χ1) is 7.00. The first-order valence-electron chi connectivity index (χ1n) is 4.76.